The van der Waals surface area contributed by atoms with Gasteiger partial charge in [0.05, 0.1) is 100 Å². The number of aromatic nitrogens is 1. The van der Waals surface area contributed by atoms with E-state index < -0.39 is 12.2 Å². The smallest absolute Gasteiger partial charge is 0.406 e. The van der Waals surface area contributed by atoms with Crippen LogP contribution >= 0.6 is 0 Å². The average Bonchev–Trinajstić information content (AvgIpc) is 1.04. The number of Topliss-reactive ketones (excluding diaryl/α,β-unsaturated/α-hetero) is 1. The predicted octanol–water partition coefficient (Wildman–Crippen LogP) is 9.01. The molecule has 3 fully saturated rings. The number of likely N-dealkylation sites (N-methyl/N-ethyl adjacent to an activating group) is 3. The van der Waals surface area contributed by atoms with Gasteiger partial charge >= 0.3 is 24.1 Å². The second-order valence-electron chi connectivity index (χ2n) is 25.3. The molecular weight excluding hydrogens is 1370 g/mol. The summed E-state index contributed by atoms with van der Waals surface area (Å²) in [7, 11) is 25.0. The number of aryl methyl sites for hydroxylation is 1. The molecule has 0 radical (unpaired) electrons. The Morgan fingerprint density at radius 3 is 1.21 bits per heavy atom. The molecule has 6 rings (SSSR count). The molecule has 2 aromatic carbocycles. The molecule has 3 aliphatic heterocycles. The lowest BCUT2D eigenvalue weighted by Crippen LogP contribution is -2.33. The van der Waals surface area contributed by atoms with Gasteiger partial charge in [0.25, 0.3) is 0 Å². The number of ether oxygens (including phenoxy) is 11. The number of nitrogens with zero attached hydrogens (tertiary/aromatic N) is 7. The number of methoxy groups -OCH3 is 11. The highest BCUT2D eigenvalue weighted by Crippen LogP contribution is 2.10. The van der Waals surface area contributed by atoms with E-state index in [1.54, 1.807) is 74.0 Å². The second-order valence-corrected chi connectivity index (χ2v) is 25.3. The van der Waals surface area contributed by atoms with E-state index in [9.17, 15) is 24.0 Å². The first-order valence-electron chi connectivity index (χ1n) is 37.9. The molecule has 4 heterocycles. The summed E-state index contributed by atoms with van der Waals surface area (Å²) in [6.07, 6.45) is 17.7. The van der Waals surface area contributed by atoms with Gasteiger partial charge in [0.15, 0.2) is 5.78 Å². The average molecular weight is 1530 g/mol. The summed E-state index contributed by atoms with van der Waals surface area (Å²) in [6.45, 7) is 33.9. The number of amides is 2. The number of carbonyl (C=O) groups is 5. The summed E-state index contributed by atoms with van der Waals surface area (Å²) in [6, 6.07) is 18.8. The molecule has 27 nitrogen and oxygen atoms in total. The number of rotatable bonds is 35. The molecule has 626 valence electrons. The molecule has 27 heteroatoms. The number of piperidine rings is 2. The van der Waals surface area contributed by atoms with Crippen LogP contribution in [0.5, 0.6) is 0 Å². The maximum absolute atomic E-state index is 10.9. The van der Waals surface area contributed by atoms with Crippen molar-refractivity contribution < 1.29 is 86.3 Å². The van der Waals surface area contributed by atoms with Crippen LogP contribution < -0.4 is 10.6 Å². The number of nitrogens with one attached hydrogen (secondary N) is 2. The van der Waals surface area contributed by atoms with E-state index in [0.717, 1.165) is 129 Å². The highest BCUT2D eigenvalue weighted by Gasteiger charge is 2.12. The van der Waals surface area contributed by atoms with Crippen molar-refractivity contribution in [3.05, 3.63) is 95.3 Å². The summed E-state index contributed by atoms with van der Waals surface area (Å²) in [4.78, 5) is 66.7. The van der Waals surface area contributed by atoms with Gasteiger partial charge in [-0.25, -0.2) is 9.59 Å². The Bertz CT molecular complexity index is 2310. The van der Waals surface area contributed by atoms with E-state index in [-0.39, 0.29) is 36.8 Å². The van der Waals surface area contributed by atoms with Crippen molar-refractivity contribution in [1.82, 2.24) is 44.6 Å². The normalized spacial score (nSPS) is 13.1. The molecule has 0 spiro atoms. The number of esters is 2. The largest absolute Gasteiger partial charge is 0.469 e. The predicted molar refractivity (Wildman–Crippen MR) is 431 cm³/mol. The molecule has 3 saturated heterocycles. The Balaban J connectivity index is -0.000000359. The minimum absolute atomic E-state index is 0.0228. The van der Waals surface area contributed by atoms with Gasteiger partial charge in [-0.15, -0.1) is 0 Å². The lowest BCUT2D eigenvalue weighted by atomic mass is 10.1. The number of alkyl carbamates (subject to hydrolysis) is 2. The third kappa shape index (κ3) is 79.6. The molecule has 3 aromatic rings. The lowest BCUT2D eigenvalue weighted by molar-refractivity contribution is -0.140. The van der Waals surface area contributed by atoms with Gasteiger partial charge in [0.1, 0.15) is 0 Å². The number of hydrogen-bond acceptors (Lipinski definition) is 24. The zero-order chi connectivity index (χ0) is 81.4. The zero-order valence-electron chi connectivity index (χ0n) is 70.4. The molecule has 107 heavy (non-hydrogen) atoms. The Kier molecular flexibility index (Phi) is 86.5. The molecule has 4 N–H and O–H groups in total. The van der Waals surface area contributed by atoms with Gasteiger partial charge in [-0.3, -0.25) is 14.4 Å². The van der Waals surface area contributed by atoms with Crippen LogP contribution in [0.3, 0.4) is 0 Å². The Labute approximate surface area is 648 Å². The lowest BCUT2D eigenvalue weighted by Gasteiger charge is -2.25. The Morgan fingerprint density at radius 1 is 0.495 bits per heavy atom. The number of unbranched alkanes of at least 4 members (excludes halogenated alkanes) is 2. The first-order valence-corrected chi connectivity index (χ1v) is 37.9. The summed E-state index contributed by atoms with van der Waals surface area (Å²) < 4.78 is 54.1. The van der Waals surface area contributed by atoms with E-state index in [0.29, 0.717) is 25.1 Å². The standard InChI is InChI=1S/C11H12O3.C10H12O2.2C8H17NO.C7H17NO3.C7H15NO2.C7H15NO.C7H11NO.C7H17NO.C5H13NO.C3H7NO2/c1-8(12)10-5-3-9(4-6-10)7-11(13)14-2;1-8-3-5-9(6-4-8)7-10(11)12-2;2*1-10-8-7-9-5-3-2-4-6-9;1-8(3-4-11-2)5-7(10)6-9;1-3-4-5-6-8-7(9)10-2;2*1-9-7-6-8-4-2-3-5-8;1-4-8(5-2)6-7-9-3;1-6(2)4-5-7-3;1-4-3(5)6-2/h3-6H,7H2,1-2H3;3-6H,7H2,1-2H3;2*2-8H2,1H3;7,9-10H,3-6H2,1-2H3;3-6H2,1-2H3,(H,8,9);2-7H2,1H3;2-5H,6-7H2,1H3;4-7H2,1-3H3;4-5H2,1-3H3;1-2H3,(H,4,5). The second kappa shape index (κ2) is 84.3. The van der Waals surface area contributed by atoms with Crippen LogP contribution in [0.1, 0.15) is 125 Å². The third-order valence-electron chi connectivity index (χ3n) is 16.1. The van der Waals surface area contributed by atoms with E-state index in [1.807, 2.05) is 81.8 Å². The maximum Gasteiger partial charge on any atom is 0.406 e. The molecule has 0 saturated carbocycles. The van der Waals surface area contributed by atoms with Crippen LogP contribution in [0.4, 0.5) is 9.59 Å². The molecule has 1 atom stereocenters. The molecule has 0 aliphatic carbocycles. The SMILES string of the molecule is CCCCCNC(=O)OC.CCN(CC)CCOC.CNC(=O)OC.COC(=O)Cc1ccc(C(C)=O)cc1.COC(=O)Cc1ccc(C)cc1.COCCN(C)C.COCCN(C)CC(O)CO.COCCN1CCCC1.COCCN1CCCCC1.COCCN1CCCCC1.COCCn1cccc1. The molecule has 3 aliphatic rings. The molecule has 2 amide bonds. The van der Waals surface area contributed by atoms with Crippen molar-refractivity contribution in [2.45, 2.75) is 131 Å². The molecule has 1 aromatic heterocycles. The van der Waals surface area contributed by atoms with Crippen LogP contribution in [0.15, 0.2) is 73.1 Å². The number of benzene rings is 2. The van der Waals surface area contributed by atoms with Crippen LogP contribution in [0.2, 0.25) is 0 Å². The number of ketones is 1. The van der Waals surface area contributed by atoms with Gasteiger partial charge in [0, 0.05) is 134 Å². The van der Waals surface area contributed by atoms with Crippen molar-refractivity contribution in [2.75, 3.05) is 264 Å². The molecular formula is C80H153N9O18. The third-order valence-corrected chi connectivity index (χ3v) is 16.1. The summed E-state index contributed by atoms with van der Waals surface area (Å²) >= 11 is 0. The first-order chi connectivity index (χ1) is 51.5. The van der Waals surface area contributed by atoms with Crippen molar-refractivity contribution >= 4 is 29.9 Å². The number of hydrogen-bond donors (Lipinski definition) is 4. The van der Waals surface area contributed by atoms with Crippen molar-refractivity contribution in [1.29, 1.82) is 0 Å². The van der Waals surface area contributed by atoms with Gasteiger partial charge in [-0.2, -0.15) is 0 Å². The fourth-order valence-electron chi connectivity index (χ4n) is 9.32. The van der Waals surface area contributed by atoms with Crippen LogP contribution in [0, 0.1) is 6.92 Å². The van der Waals surface area contributed by atoms with Crippen LogP contribution in [0.25, 0.3) is 0 Å². The number of aliphatic hydroxyl groups excluding tert-OH is 2. The zero-order valence-corrected chi connectivity index (χ0v) is 70.4. The fraction of sp³-hybridized carbons (Fsp3) is 0.738. The summed E-state index contributed by atoms with van der Waals surface area (Å²) in [5.41, 5.74) is 3.69. The monoisotopic (exact) mass is 1530 g/mol. The Morgan fingerprint density at radius 2 is 0.879 bits per heavy atom. The van der Waals surface area contributed by atoms with E-state index in [1.165, 1.54) is 145 Å². The topological polar surface area (TPSA) is 276 Å². The van der Waals surface area contributed by atoms with Crippen LogP contribution in [-0.4, -0.2) is 344 Å². The minimum Gasteiger partial charge on any atom is -0.469 e. The number of aliphatic hydroxyl groups is 2. The highest BCUT2D eigenvalue weighted by atomic mass is 16.5. The number of likely N-dealkylation sites (tertiary alicyclic amines) is 3. The van der Waals surface area contributed by atoms with Gasteiger partial charge in [-0.1, -0.05) is 101 Å². The van der Waals surface area contributed by atoms with Gasteiger partial charge in [-0.05, 0) is 156 Å². The van der Waals surface area contributed by atoms with Crippen molar-refractivity contribution in [2.24, 2.45) is 0 Å². The van der Waals surface area contributed by atoms with E-state index >= 15 is 0 Å². The molecule has 0 bridgehead atoms. The van der Waals surface area contributed by atoms with Gasteiger partial charge in [0.2, 0.25) is 0 Å². The summed E-state index contributed by atoms with van der Waals surface area (Å²) in [5, 5.41) is 22.4. The van der Waals surface area contributed by atoms with Crippen molar-refractivity contribution in [3.8, 4) is 0 Å². The van der Waals surface area contributed by atoms with Gasteiger partial charge < -0.3 is 107 Å². The maximum atomic E-state index is 10.9. The fourth-order valence-corrected chi connectivity index (χ4v) is 9.32. The molecule has 1 unspecified atom stereocenters. The Hall–Kier alpha value is -5.73. The van der Waals surface area contributed by atoms with E-state index in [4.69, 9.17) is 43.4 Å². The minimum atomic E-state index is -0.642. The summed E-state index contributed by atoms with van der Waals surface area (Å²) in [5.74, 6) is -0.450. The van der Waals surface area contributed by atoms with Crippen molar-refractivity contribution in [3.63, 3.8) is 0 Å². The number of carbonyl (C=O) groups excluding carboxylic acids is 5. The highest BCUT2D eigenvalue weighted by molar-refractivity contribution is 5.94. The van der Waals surface area contributed by atoms with E-state index in [2.05, 4.69) is 79.4 Å². The quantitative estimate of drug-likeness (QED) is 0.0185. The van der Waals surface area contributed by atoms with Crippen LogP contribution in [-0.2, 0) is 81.1 Å². The first kappa shape index (κ1) is 110.